The Balaban J connectivity index is 1.35. The molecule has 2 aromatic carbocycles. The highest BCUT2D eigenvalue weighted by Crippen LogP contribution is 2.30. The second-order valence-electron chi connectivity index (χ2n) is 7.97. The minimum atomic E-state index is -4.45. The number of rotatable bonds is 4. The molecule has 33 heavy (non-hydrogen) atoms. The minimum Gasteiger partial charge on any atom is -0.378 e. The van der Waals surface area contributed by atoms with Gasteiger partial charge < -0.3 is 25.2 Å². The molecular weight excluding hydrogens is 437 g/mol. The first kappa shape index (κ1) is 22.9. The third kappa shape index (κ3) is 5.57. The Hall–Kier alpha value is -3.27. The average Bonchev–Trinajstić information content (AvgIpc) is 2.81. The van der Waals surface area contributed by atoms with Gasteiger partial charge in [0.25, 0.3) is 0 Å². The lowest BCUT2D eigenvalue weighted by Gasteiger charge is -2.33. The van der Waals surface area contributed by atoms with Crippen molar-refractivity contribution in [2.45, 2.75) is 25.1 Å². The monoisotopic (exact) mass is 462 g/mol. The van der Waals surface area contributed by atoms with Crippen LogP contribution in [0, 0.1) is 0 Å². The summed E-state index contributed by atoms with van der Waals surface area (Å²) in [5.74, 6) is -0.219. The quantitative estimate of drug-likeness (QED) is 0.724. The summed E-state index contributed by atoms with van der Waals surface area (Å²) < 4.78 is 43.4. The Morgan fingerprint density at radius 3 is 2.21 bits per heavy atom. The fourth-order valence-corrected chi connectivity index (χ4v) is 4.00. The van der Waals surface area contributed by atoms with Crippen molar-refractivity contribution < 1.29 is 27.5 Å². The molecule has 176 valence electrons. The number of morpholine rings is 1. The molecule has 4 rings (SSSR count). The van der Waals surface area contributed by atoms with Crippen LogP contribution in [0.25, 0.3) is 0 Å². The summed E-state index contributed by atoms with van der Waals surface area (Å²) in [7, 11) is 0. The number of carbonyl (C=O) groups excluding carboxylic acids is 2. The van der Waals surface area contributed by atoms with E-state index in [1.54, 1.807) is 4.90 Å². The summed E-state index contributed by atoms with van der Waals surface area (Å²) in [5.41, 5.74) is 1.23. The molecule has 2 fully saturated rings. The zero-order valence-electron chi connectivity index (χ0n) is 17.9. The highest BCUT2D eigenvalue weighted by atomic mass is 19.4. The summed E-state index contributed by atoms with van der Waals surface area (Å²) in [5, 5.41) is 5.12. The van der Waals surface area contributed by atoms with Gasteiger partial charge in [0, 0.05) is 36.7 Å². The predicted molar refractivity (Wildman–Crippen MR) is 118 cm³/mol. The molecule has 0 aromatic heterocycles. The fraction of sp³-hybridized carbons (Fsp3) is 0.391. The van der Waals surface area contributed by atoms with Crippen LogP contribution >= 0.6 is 0 Å². The van der Waals surface area contributed by atoms with Crippen LogP contribution in [0.5, 0.6) is 0 Å². The van der Waals surface area contributed by atoms with Crippen molar-refractivity contribution in [3.8, 4) is 0 Å². The van der Waals surface area contributed by atoms with Gasteiger partial charge in [0.2, 0.25) is 5.91 Å². The molecule has 1 atom stereocenters. The largest absolute Gasteiger partial charge is 0.416 e. The maximum absolute atomic E-state index is 13.0. The molecule has 2 N–H and O–H groups in total. The normalized spacial score (nSPS) is 19.4. The Bertz CT molecular complexity index is 974. The van der Waals surface area contributed by atoms with Crippen LogP contribution in [0.3, 0.4) is 0 Å². The smallest absolute Gasteiger partial charge is 0.378 e. The van der Waals surface area contributed by atoms with Gasteiger partial charge in [0.05, 0.1) is 18.8 Å². The average molecular weight is 462 g/mol. The van der Waals surface area contributed by atoms with Gasteiger partial charge in [-0.15, -0.1) is 0 Å². The SMILES string of the molecule is O=C(Nc1ccc(C(F)(F)F)cc1)NC1CCCN(c2ccc(N3CCOCC3)cc2)C1=O. The lowest BCUT2D eigenvalue weighted by atomic mass is 10.0. The third-order valence-corrected chi connectivity index (χ3v) is 5.75. The maximum Gasteiger partial charge on any atom is 0.416 e. The van der Waals surface area contributed by atoms with E-state index in [9.17, 15) is 22.8 Å². The van der Waals surface area contributed by atoms with Crippen LogP contribution in [-0.4, -0.2) is 50.8 Å². The summed E-state index contributed by atoms with van der Waals surface area (Å²) in [4.78, 5) is 29.2. The molecule has 0 radical (unpaired) electrons. The topological polar surface area (TPSA) is 73.9 Å². The Morgan fingerprint density at radius 1 is 0.939 bits per heavy atom. The first-order valence-electron chi connectivity index (χ1n) is 10.8. The predicted octanol–water partition coefficient (Wildman–Crippen LogP) is 3.86. The van der Waals surface area contributed by atoms with Crippen molar-refractivity contribution >= 4 is 29.0 Å². The molecule has 0 bridgehead atoms. The number of hydrogen-bond acceptors (Lipinski definition) is 4. The van der Waals surface area contributed by atoms with Gasteiger partial charge in [-0.05, 0) is 61.4 Å². The molecule has 0 saturated carbocycles. The number of benzene rings is 2. The lowest BCUT2D eigenvalue weighted by molar-refractivity contribution is -0.137. The van der Waals surface area contributed by atoms with Crippen molar-refractivity contribution in [2.24, 2.45) is 0 Å². The third-order valence-electron chi connectivity index (χ3n) is 5.75. The van der Waals surface area contributed by atoms with E-state index in [2.05, 4.69) is 15.5 Å². The first-order chi connectivity index (χ1) is 15.8. The molecule has 2 aromatic rings. The van der Waals surface area contributed by atoms with Gasteiger partial charge in [-0.25, -0.2) is 4.79 Å². The number of hydrogen-bond donors (Lipinski definition) is 2. The number of halogens is 3. The van der Waals surface area contributed by atoms with E-state index in [1.807, 2.05) is 24.3 Å². The number of nitrogens with zero attached hydrogens (tertiary/aromatic N) is 2. The van der Waals surface area contributed by atoms with E-state index < -0.39 is 23.8 Å². The first-order valence-corrected chi connectivity index (χ1v) is 10.8. The van der Waals surface area contributed by atoms with E-state index in [-0.39, 0.29) is 11.6 Å². The molecule has 0 aliphatic carbocycles. The Morgan fingerprint density at radius 2 is 1.58 bits per heavy atom. The van der Waals surface area contributed by atoms with Gasteiger partial charge >= 0.3 is 12.2 Å². The number of ether oxygens (including phenoxy) is 1. The molecule has 2 saturated heterocycles. The molecule has 3 amide bonds. The van der Waals surface area contributed by atoms with Crippen molar-refractivity contribution in [3.05, 3.63) is 54.1 Å². The number of urea groups is 1. The number of alkyl halides is 3. The Labute approximate surface area is 189 Å². The number of amides is 3. The van der Waals surface area contributed by atoms with Crippen LogP contribution in [0.15, 0.2) is 48.5 Å². The summed E-state index contributed by atoms with van der Waals surface area (Å²) in [6, 6.07) is 10.5. The Kier molecular flexibility index (Phi) is 6.73. The van der Waals surface area contributed by atoms with Gasteiger partial charge in [-0.3, -0.25) is 4.79 Å². The summed E-state index contributed by atoms with van der Waals surface area (Å²) in [6.45, 7) is 3.57. The van der Waals surface area contributed by atoms with E-state index in [0.29, 0.717) is 32.6 Å². The molecule has 2 heterocycles. The molecular formula is C23H25F3N4O3. The van der Waals surface area contributed by atoms with Crippen molar-refractivity contribution in [1.29, 1.82) is 0 Å². The van der Waals surface area contributed by atoms with Crippen LogP contribution in [0.2, 0.25) is 0 Å². The van der Waals surface area contributed by atoms with Gasteiger partial charge in [-0.2, -0.15) is 13.2 Å². The van der Waals surface area contributed by atoms with Gasteiger partial charge in [-0.1, -0.05) is 0 Å². The number of carbonyl (C=O) groups is 2. The second kappa shape index (κ2) is 9.70. The molecule has 0 spiro atoms. The van der Waals surface area contributed by atoms with Crippen molar-refractivity contribution in [2.75, 3.05) is 48.0 Å². The zero-order valence-corrected chi connectivity index (χ0v) is 17.9. The number of piperidine rings is 1. The van der Waals surface area contributed by atoms with Crippen LogP contribution in [0.4, 0.5) is 35.0 Å². The van der Waals surface area contributed by atoms with E-state index in [0.717, 1.165) is 36.6 Å². The minimum absolute atomic E-state index is 0.208. The molecule has 10 heteroatoms. The van der Waals surface area contributed by atoms with Crippen molar-refractivity contribution in [1.82, 2.24) is 5.32 Å². The highest BCUT2D eigenvalue weighted by Gasteiger charge is 2.32. The summed E-state index contributed by atoms with van der Waals surface area (Å²) in [6.07, 6.45) is -3.25. The molecule has 7 nitrogen and oxygen atoms in total. The molecule has 2 aliphatic heterocycles. The standard InChI is InChI=1S/C23H25F3N4O3/c24-23(25,26)16-3-5-17(6-4-16)27-22(32)28-20-2-1-11-30(21(20)31)19-9-7-18(8-10-19)29-12-14-33-15-13-29/h3-10,20H,1-2,11-15H2,(H2,27,28,32). The van der Waals surface area contributed by atoms with Crippen LogP contribution < -0.4 is 20.4 Å². The van der Waals surface area contributed by atoms with E-state index in [4.69, 9.17) is 4.74 Å². The van der Waals surface area contributed by atoms with E-state index >= 15 is 0 Å². The van der Waals surface area contributed by atoms with Crippen LogP contribution in [-0.2, 0) is 15.7 Å². The molecule has 1 unspecified atom stereocenters. The van der Waals surface area contributed by atoms with Gasteiger partial charge in [0.1, 0.15) is 6.04 Å². The second-order valence-corrected chi connectivity index (χ2v) is 7.97. The number of anilines is 3. The highest BCUT2D eigenvalue weighted by molar-refractivity contribution is 6.01. The summed E-state index contributed by atoms with van der Waals surface area (Å²) >= 11 is 0. The molecule has 2 aliphatic rings. The fourth-order valence-electron chi connectivity index (χ4n) is 4.00. The maximum atomic E-state index is 13.0. The number of nitrogens with one attached hydrogen (secondary N) is 2. The lowest BCUT2D eigenvalue weighted by Crippen LogP contribution is -2.53. The van der Waals surface area contributed by atoms with Crippen molar-refractivity contribution in [3.63, 3.8) is 0 Å². The zero-order chi connectivity index (χ0) is 23.4. The van der Waals surface area contributed by atoms with Gasteiger partial charge in [0.15, 0.2) is 0 Å². The van der Waals surface area contributed by atoms with Crippen LogP contribution in [0.1, 0.15) is 18.4 Å². The van der Waals surface area contributed by atoms with E-state index in [1.165, 1.54) is 12.1 Å².